The molecule has 1 aromatic carbocycles. The number of nitrogens with one attached hydrogen (secondary N) is 1. The summed E-state index contributed by atoms with van der Waals surface area (Å²) in [7, 11) is 3.85. The van der Waals surface area contributed by atoms with E-state index in [1.54, 1.807) is 0 Å². The van der Waals surface area contributed by atoms with Gasteiger partial charge < -0.3 is 15.0 Å². The molecule has 0 aliphatic carbocycles. The van der Waals surface area contributed by atoms with Gasteiger partial charge in [-0.25, -0.2) is 0 Å². The highest BCUT2D eigenvalue weighted by molar-refractivity contribution is 14.0. The zero-order valence-electron chi connectivity index (χ0n) is 14.0. The van der Waals surface area contributed by atoms with Crippen molar-refractivity contribution in [2.24, 2.45) is 4.99 Å². The average Bonchev–Trinajstić information content (AvgIpc) is 2.49. The van der Waals surface area contributed by atoms with E-state index in [0.717, 1.165) is 31.2 Å². The van der Waals surface area contributed by atoms with Gasteiger partial charge in [-0.2, -0.15) is 11.8 Å². The zero-order chi connectivity index (χ0) is 15.5. The number of guanidine groups is 1. The largest absolute Gasteiger partial charge is 0.491 e. The minimum Gasteiger partial charge on any atom is -0.491 e. The number of nitrogens with zero attached hydrogens (tertiary/aromatic N) is 2. The third-order valence-electron chi connectivity index (χ3n) is 3.16. The summed E-state index contributed by atoms with van der Waals surface area (Å²) < 4.78 is 5.82. The second-order valence-corrected chi connectivity index (χ2v) is 5.84. The maximum atomic E-state index is 5.82. The maximum absolute atomic E-state index is 5.82. The van der Waals surface area contributed by atoms with Gasteiger partial charge in [-0.1, -0.05) is 18.2 Å². The molecular formula is C16H28IN3OS. The maximum Gasteiger partial charge on any atom is 0.193 e. The van der Waals surface area contributed by atoms with Gasteiger partial charge in [0.15, 0.2) is 5.96 Å². The summed E-state index contributed by atoms with van der Waals surface area (Å²) in [5.41, 5.74) is 1.17. The molecule has 1 N–H and O–H groups in total. The summed E-state index contributed by atoms with van der Waals surface area (Å²) in [5, 5.41) is 3.37. The van der Waals surface area contributed by atoms with Crippen LogP contribution in [0.5, 0.6) is 5.75 Å². The smallest absolute Gasteiger partial charge is 0.193 e. The van der Waals surface area contributed by atoms with E-state index in [0.29, 0.717) is 6.61 Å². The molecule has 0 aliphatic rings. The van der Waals surface area contributed by atoms with Crippen LogP contribution in [0.25, 0.3) is 0 Å². The lowest BCUT2D eigenvalue weighted by Gasteiger charge is -2.22. The molecular weight excluding hydrogens is 409 g/mol. The number of hydrogen-bond acceptors (Lipinski definition) is 3. The number of aliphatic imine (C=N–C) groups is 1. The van der Waals surface area contributed by atoms with E-state index in [2.05, 4.69) is 34.5 Å². The molecule has 1 aromatic rings. The van der Waals surface area contributed by atoms with Crippen molar-refractivity contribution in [1.82, 2.24) is 10.2 Å². The van der Waals surface area contributed by atoms with E-state index in [1.807, 2.05) is 44.1 Å². The first kappa shape index (κ1) is 21.4. The third-order valence-corrected chi connectivity index (χ3v) is 3.86. The fraction of sp³-hybridized carbons (Fsp3) is 0.562. The van der Waals surface area contributed by atoms with Crippen LogP contribution in [-0.4, -0.2) is 56.7 Å². The Morgan fingerprint density at radius 2 is 2.09 bits per heavy atom. The number of benzene rings is 1. The molecule has 126 valence electrons. The molecule has 6 heteroatoms. The van der Waals surface area contributed by atoms with Crippen molar-refractivity contribution in [3.63, 3.8) is 0 Å². The Morgan fingerprint density at radius 1 is 1.36 bits per heavy atom. The van der Waals surface area contributed by atoms with Crippen molar-refractivity contribution in [3.8, 4) is 5.75 Å². The van der Waals surface area contributed by atoms with Crippen molar-refractivity contribution < 1.29 is 4.74 Å². The van der Waals surface area contributed by atoms with Crippen molar-refractivity contribution in [1.29, 1.82) is 0 Å². The Labute approximate surface area is 156 Å². The molecule has 0 unspecified atom stereocenters. The molecule has 0 aromatic heterocycles. The number of thioether (sulfide) groups is 1. The van der Waals surface area contributed by atoms with Gasteiger partial charge in [-0.3, -0.25) is 4.99 Å². The van der Waals surface area contributed by atoms with Gasteiger partial charge in [0.05, 0.1) is 6.54 Å². The van der Waals surface area contributed by atoms with E-state index < -0.39 is 0 Å². The summed E-state index contributed by atoms with van der Waals surface area (Å²) in [5.74, 6) is 3.04. The molecule has 0 bridgehead atoms. The number of rotatable bonds is 8. The summed E-state index contributed by atoms with van der Waals surface area (Å²) in [4.78, 5) is 6.39. The monoisotopic (exact) mass is 437 g/mol. The second-order valence-electron chi connectivity index (χ2n) is 4.86. The molecule has 0 radical (unpaired) electrons. The molecule has 0 heterocycles. The van der Waals surface area contributed by atoms with Gasteiger partial charge in [0.1, 0.15) is 12.4 Å². The number of likely N-dealkylation sites (N-methyl/N-ethyl adjacent to an activating group) is 1. The molecule has 22 heavy (non-hydrogen) atoms. The van der Waals surface area contributed by atoms with Crippen LogP contribution < -0.4 is 10.1 Å². The molecule has 1 rings (SSSR count). The quantitative estimate of drug-likeness (QED) is 0.293. The molecule has 0 amide bonds. The zero-order valence-corrected chi connectivity index (χ0v) is 17.1. The van der Waals surface area contributed by atoms with Crippen molar-refractivity contribution in [3.05, 3.63) is 29.8 Å². The first-order valence-electron chi connectivity index (χ1n) is 7.28. The van der Waals surface area contributed by atoms with Gasteiger partial charge in [-0.15, -0.1) is 24.0 Å². The van der Waals surface area contributed by atoms with Crippen LogP contribution in [0.2, 0.25) is 0 Å². The Hall–Kier alpha value is -0.630. The Morgan fingerprint density at radius 3 is 2.73 bits per heavy atom. The van der Waals surface area contributed by atoms with Gasteiger partial charge in [0, 0.05) is 20.6 Å². The van der Waals surface area contributed by atoms with Crippen LogP contribution in [-0.2, 0) is 0 Å². The number of aryl methyl sites for hydroxylation is 1. The van der Waals surface area contributed by atoms with E-state index >= 15 is 0 Å². The van der Waals surface area contributed by atoms with Crippen molar-refractivity contribution in [2.45, 2.75) is 13.3 Å². The van der Waals surface area contributed by atoms with Gasteiger partial charge >= 0.3 is 0 Å². The lowest BCUT2D eigenvalue weighted by atomic mass is 10.2. The first-order valence-corrected chi connectivity index (χ1v) is 8.67. The normalized spacial score (nSPS) is 10.8. The van der Waals surface area contributed by atoms with Crippen molar-refractivity contribution >= 4 is 41.7 Å². The van der Waals surface area contributed by atoms with Gasteiger partial charge in [0.2, 0.25) is 0 Å². The van der Waals surface area contributed by atoms with Crippen LogP contribution >= 0.6 is 35.7 Å². The molecule has 0 fully saturated rings. The van der Waals surface area contributed by atoms with E-state index in [-0.39, 0.29) is 24.0 Å². The Balaban J connectivity index is 0.00000441. The lowest BCUT2D eigenvalue weighted by molar-refractivity contribution is 0.280. The minimum absolute atomic E-state index is 0. The topological polar surface area (TPSA) is 36.9 Å². The highest BCUT2D eigenvalue weighted by atomic mass is 127. The number of para-hydroxylation sites is 1. The summed E-state index contributed by atoms with van der Waals surface area (Å²) in [6, 6.07) is 8.09. The highest BCUT2D eigenvalue weighted by Crippen LogP contribution is 2.15. The van der Waals surface area contributed by atoms with E-state index in [9.17, 15) is 0 Å². The fourth-order valence-corrected chi connectivity index (χ4v) is 2.35. The average molecular weight is 437 g/mol. The predicted molar refractivity (Wildman–Crippen MR) is 109 cm³/mol. The van der Waals surface area contributed by atoms with Crippen LogP contribution in [0.4, 0.5) is 0 Å². The number of hydrogen-bond donors (Lipinski definition) is 1. The molecule has 0 saturated heterocycles. The van der Waals surface area contributed by atoms with Crippen molar-refractivity contribution in [2.75, 3.05) is 45.8 Å². The molecule has 0 atom stereocenters. The second kappa shape index (κ2) is 12.9. The Bertz CT molecular complexity index is 443. The fourth-order valence-electron chi connectivity index (χ4n) is 1.92. The summed E-state index contributed by atoms with van der Waals surface area (Å²) in [6.07, 6.45) is 3.28. The molecule has 0 aliphatic heterocycles. The van der Waals surface area contributed by atoms with E-state index in [4.69, 9.17) is 4.74 Å². The van der Waals surface area contributed by atoms with Gasteiger partial charge in [-0.05, 0) is 37.0 Å². The summed E-state index contributed by atoms with van der Waals surface area (Å²) >= 11 is 1.87. The van der Waals surface area contributed by atoms with Crippen LogP contribution in [0.1, 0.15) is 12.0 Å². The third kappa shape index (κ3) is 8.12. The minimum atomic E-state index is 0. The van der Waals surface area contributed by atoms with Crippen LogP contribution in [0.3, 0.4) is 0 Å². The highest BCUT2D eigenvalue weighted by Gasteiger charge is 2.05. The van der Waals surface area contributed by atoms with Crippen LogP contribution in [0.15, 0.2) is 29.3 Å². The van der Waals surface area contributed by atoms with E-state index in [1.165, 1.54) is 11.3 Å². The molecule has 4 nitrogen and oxygen atoms in total. The van der Waals surface area contributed by atoms with Crippen LogP contribution in [0, 0.1) is 6.92 Å². The predicted octanol–water partition coefficient (Wildman–Crippen LogP) is 3.25. The standard InChI is InChI=1S/C16H27N3OS.HI/c1-14-8-5-6-9-15(14)20-12-11-19(3)16(17-2)18-10-7-13-21-4;/h5-6,8-9H,7,10-13H2,1-4H3,(H,17,18);1H. The Kier molecular flexibility index (Phi) is 12.5. The first-order chi connectivity index (χ1) is 10.2. The number of ether oxygens (including phenoxy) is 1. The molecule has 0 spiro atoms. The molecule has 0 saturated carbocycles. The number of halogens is 1. The van der Waals surface area contributed by atoms with Gasteiger partial charge in [0.25, 0.3) is 0 Å². The SMILES string of the molecule is CN=C(NCCCSC)N(C)CCOc1ccccc1C.I. The lowest BCUT2D eigenvalue weighted by Crippen LogP contribution is -2.41. The summed E-state index contributed by atoms with van der Waals surface area (Å²) in [6.45, 7) is 4.46.